The molecule has 4 aromatic rings. The normalized spacial score (nSPS) is 17.7. The topological polar surface area (TPSA) is 152 Å². The Morgan fingerprint density at radius 1 is 1.13 bits per heavy atom. The maximum absolute atomic E-state index is 10.6. The zero-order valence-corrected chi connectivity index (χ0v) is 26.0. The molecule has 2 fully saturated rings. The van der Waals surface area contributed by atoms with E-state index in [1.54, 1.807) is 0 Å². The first-order valence-electron chi connectivity index (χ1n) is 15.2. The predicted molar refractivity (Wildman–Crippen MR) is 167 cm³/mol. The number of benzene rings is 1. The van der Waals surface area contributed by atoms with E-state index in [1.165, 1.54) is 0 Å². The number of morpholine rings is 1. The van der Waals surface area contributed by atoms with Crippen LogP contribution in [0.15, 0.2) is 42.9 Å². The van der Waals surface area contributed by atoms with E-state index >= 15 is 0 Å². The molecule has 0 unspecified atom stereocenters. The molecule has 13 nitrogen and oxygen atoms in total. The number of anilines is 3. The average molecular weight is 645 g/mol. The van der Waals surface area contributed by atoms with Crippen LogP contribution in [0.25, 0.3) is 16.9 Å². The molecule has 248 valence electrons. The number of hydrogen-bond acceptors (Lipinski definition) is 10. The lowest BCUT2D eigenvalue weighted by Crippen LogP contribution is -2.41. The number of aliphatic carboxylic acids is 1. The minimum atomic E-state index is -5.08. The minimum Gasteiger partial charge on any atom is -0.475 e. The van der Waals surface area contributed by atoms with E-state index in [-0.39, 0.29) is 18.2 Å². The van der Waals surface area contributed by atoms with Gasteiger partial charge in [-0.05, 0) is 45.2 Å². The molecule has 0 radical (unpaired) electrons. The highest BCUT2D eigenvalue weighted by atomic mass is 19.4. The van der Waals surface area contributed by atoms with Gasteiger partial charge >= 0.3 is 12.1 Å². The first-order chi connectivity index (χ1) is 21.9. The molecule has 46 heavy (non-hydrogen) atoms. The number of halogens is 3. The summed E-state index contributed by atoms with van der Waals surface area (Å²) in [6.45, 7) is 11.1. The Labute approximate surface area is 264 Å². The molecule has 2 aliphatic rings. The molecule has 2 saturated heterocycles. The summed E-state index contributed by atoms with van der Waals surface area (Å²) in [6.07, 6.45) is 0.889. The summed E-state index contributed by atoms with van der Waals surface area (Å²) >= 11 is 0. The fourth-order valence-electron chi connectivity index (χ4n) is 5.35. The lowest BCUT2D eigenvalue weighted by atomic mass is 10.1. The van der Waals surface area contributed by atoms with Crippen molar-refractivity contribution in [1.82, 2.24) is 29.3 Å². The number of imidazole rings is 1. The molecule has 0 bridgehead atoms. The number of carboxylic acids is 1. The Hall–Kier alpha value is -4.44. The monoisotopic (exact) mass is 644 g/mol. The van der Waals surface area contributed by atoms with E-state index in [2.05, 4.69) is 64.7 Å². The molecule has 6 rings (SSSR count). The largest absolute Gasteiger partial charge is 0.490 e. The van der Waals surface area contributed by atoms with Crippen molar-refractivity contribution < 1.29 is 27.8 Å². The van der Waals surface area contributed by atoms with Gasteiger partial charge in [0.15, 0.2) is 22.8 Å². The third-order valence-corrected chi connectivity index (χ3v) is 7.86. The third-order valence-electron chi connectivity index (χ3n) is 7.86. The van der Waals surface area contributed by atoms with Crippen molar-refractivity contribution in [2.45, 2.75) is 64.5 Å². The van der Waals surface area contributed by atoms with Gasteiger partial charge in [0.25, 0.3) is 0 Å². The Morgan fingerprint density at radius 3 is 2.52 bits per heavy atom. The van der Waals surface area contributed by atoms with Gasteiger partial charge < -0.3 is 35.3 Å². The molecule has 0 spiro atoms. The number of ether oxygens (including phenoxy) is 1. The first kappa shape index (κ1) is 32.9. The van der Waals surface area contributed by atoms with E-state index in [9.17, 15) is 13.2 Å². The number of piperidine rings is 1. The summed E-state index contributed by atoms with van der Waals surface area (Å²) in [4.78, 5) is 28.0. The minimum absolute atomic E-state index is 0.204. The molecule has 1 atom stereocenters. The van der Waals surface area contributed by atoms with E-state index in [0.717, 1.165) is 85.6 Å². The Morgan fingerprint density at radius 2 is 1.85 bits per heavy atom. The number of nitrogens with zero attached hydrogens (tertiary/aromatic N) is 8. The number of nitrogens with one attached hydrogen (secondary N) is 1. The van der Waals surface area contributed by atoms with Crippen molar-refractivity contribution in [2.24, 2.45) is 5.73 Å². The predicted octanol–water partition coefficient (Wildman–Crippen LogP) is 3.99. The van der Waals surface area contributed by atoms with Crippen molar-refractivity contribution in [2.75, 3.05) is 47.9 Å². The van der Waals surface area contributed by atoms with Gasteiger partial charge in [0.05, 0.1) is 24.7 Å². The first-order valence-corrected chi connectivity index (χ1v) is 15.2. The van der Waals surface area contributed by atoms with Crippen molar-refractivity contribution in [3.8, 4) is 5.69 Å². The number of para-hydroxylation sites is 1. The third kappa shape index (κ3) is 7.67. The van der Waals surface area contributed by atoms with Crippen LogP contribution in [-0.2, 0) is 16.1 Å². The summed E-state index contributed by atoms with van der Waals surface area (Å²) < 4.78 is 41.5. The Balaban J connectivity index is 0.000000537. The van der Waals surface area contributed by atoms with E-state index in [1.807, 2.05) is 23.3 Å². The Bertz CT molecular complexity index is 1630. The molecule has 2 aliphatic heterocycles. The second-order valence-electron chi connectivity index (χ2n) is 11.6. The second kappa shape index (κ2) is 13.9. The number of fused-ring (bicyclic) bond motifs is 1. The summed E-state index contributed by atoms with van der Waals surface area (Å²) in [7, 11) is 0. The zero-order chi connectivity index (χ0) is 33.0. The van der Waals surface area contributed by atoms with Crippen molar-refractivity contribution in [3.63, 3.8) is 0 Å². The number of hydrogen-bond donors (Lipinski definition) is 3. The molecule has 4 N–H and O–H groups in total. The lowest BCUT2D eigenvalue weighted by Gasteiger charge is -2.31. The number of aromatic nitrogens is 6. The highest BCUT2D eigenvalue weighted by molar-refractivity contribution is 5.84. The van der Waals surface area contributed by atoms with Gasteiger partial charge in [-0.2, -0.15) is 28.2 Å². The molecule has 1 aromatic carbocycles. The van der Waals surface area contributed by atoms with Gasteiger partial charge in [0, 0.05) is 57.1 Å². The fraction of sp³-hybridized carbons (Fsp3) is 0.500. The maximum Gasteiger partial charge on any atom is 0.490 e. The van der Waals surface area contributed by atoms with Crippen molar-refractivity contribution in [3.05, 3.63) is 48.4 Å². The number of rotatable bonds is 7. The number of carbonyl (C=O) groups is 1. The van der Waals surface area contributed by atoms with Gasteiger partial charge in [-0.15, -0.1) is 0 Å². The van der Waals surface area contributed by atoms with Crippen molar-refractivity contribution >= 4 is 34.7 Å². The average Bonchev–Trinajstić information content (AvgIpc) is 3.69. The van der Waals surface area contributed by atoms with Gasteiger partial charge in [-0.1, -0.05) is 18.2 Å². The molecule has 16 heteroatoms. The molecule has 0 saturated carbocycles. The molecular weight excluding hydrogens is 605 g/mol. The molecular formula is C30H39F3N10O3. The van der Waals surface area contributed by atoms with Crippen LogP contribution in [0.1, 0.15) is 45.2 Å². The zero-order valence-electron chi connectivity index (χ0n) is 26.0. The van der Waals surface area contributed by atoms with Gasteiger partial charge in [0.1, 0.15) is 0 Å². The van der Waals surface area contributed by atoms with Crippen LogP contribution in [0.4, 0.5) is 30.8 Å². The quantitative estimate of drug-likeness (QED) is 0.268. The van der Waals surface area contributed by atoms with E-state index in [0.29, 0.717) is 6.54 Å². The van der Waals surface area contributed by atoms with Crippen LogP contribution >= 0.6 is 0 Å². The molecule has 3 aromatic heterocycles. The number of alkyl halides is 3. The van der Waals surface area contributed by atoms with Crippen molar-refractivity contribution in [1.29, 1.82) is 0 Å². The lowest BCUT2D eigenvalue weighted by molar-refractivity contribution is -0.192. The Kier molecular flexibility index (Phi) is 9.96. The van der Waals surface area contributed by atoms with E-state index < -0.39 is 12.1 Å². The molecule has 0 aliphatic carbocycles. The smallest absolute Gasteiger partial charge is 0.475 e. The molecule has 5 heterocycles. The number of carboxylic acid groups (broad SMARTS) is 1. The summed E-state index contributed by atoms with van der Waals surface area (Å²) in [6, 6.07) is 10.9. The van der Waals surface area contributed by atoms with Gasteiger partial charge in [-0.25, -0.2) is 14.5 Å². The second-order valence-corrected chi connectivity index (χ2v) is 11.6. The van der Waals surface area contributed by atoms with Crippen LogP contribution in [0, 0.1) is 0 Å². The van der Waals surface area contributed by atoms with Crippen LogP contribution in [0.3, 0.4) is 0 Å². The van der Waals surface area contributed by atoms with Crippen LogP contribution in [0.5, 0.6) is 0 Å². The van der Waals surface area contributed by atoms with Crippen LogP contribution < -0.4 is 20.9 Å². The standard InChI is InChI=1S/C28H38N10O.C2HF3O2/c1-19(2)37-18-31-25-26(32-28(33-27(25)37)35-11-8-22(29)9-12-35)30-16-21-6-4-5-7-23(21)38-13-10-24(34-38)36-14-15-39-20(3)17-36;3-2(4,5)1(6)7/h4-7,10,13,18-20,22H,8-9,11-12,14-17,29H2,1-3H3,(H,30,32,33);(H,6,7)/t20-;/m1./s1. The van der Waals surface area contributed by atoms with Gasteiger partial charge in [-0.3, -0.25) is 0 Å². The fourth-order valence-corrected chi connectivity index (χ4v) is 5.35. The SMILES string of the molecule is CC(C)n1cnc2c(NCc3ccccc3-n3ccc(N4CCO[C@H](C)C4)n3)nc(N3CCC(N)CC3)nc21.O=C(O)C(F)(F)F. The summed E-state index contributed by atoms with van der Waals surface area (Å²) in [5.74, 6) is -0.324. The maximum atomic E-state index is 10.6. The summed E-state index contributed by atoms with van der Waals surface area (Å²) in [5, 5.41) is 15.6. The van der Waals surface area contributed by atoms with Gasteiger partial charge in [0.2, 0.25) is 5.95 Å². The number of nitrogens with two attached hydrogens (primary N) is 1. The van der Waals surface area contributed by atoms with Crippen LogP contribution in [0.2, 0.25) is 0 Å². The van der Waals surface area contributed by atoms with E-state index in [4.69, 9.17) is 40.4 Å². The highest BCUT2D eigenvalue weighted by Gasteiger charge is 2.38. The highest BCUT2D eigenvalue weighted by Crippen LogP contribution is 2.27. The summed E-state index contributed by atoms with van der Waals surface area (Å²) in [5.41, 5.74) is 9.92. The van der Waals surface area contributed by atoms with Crippen LogP contribution in [-0.4, -0.2) is 91.5 Å². The molecule has 0 amide bonds.